The van der Waals surface area contributed by atoms with Crippen LogP contribution < -0.4 is 0 Å². The summed E-state index contributed by atoms with van der Waals surface area (Å²) >= 11 is 0. The van der Waals surface area contributed by atoms with Gasteiger partial charge in [-0.05, 0) is 128 Å². The van der Waals surface area contributed by atoms with Gasteiger partial charge < -0.3 is 8.83 Å². The largest absolute Gasteiger partial charge is 0.416 e. The quantitative estimate of drug-likeness (QED) is 0.101. The molecule has 338 valence electrons. The predicted molar refractivity (Wildman–Crippen MR) is 277 cm³/mol. The van der Waals surface area contributed by atoms with Crippen LogP contribution in [0.15, 0.2) is 142 Å². The summed E-state index contributed by atoms with van der Waals surface area (Å²) in [6.45, 7) is 17.9. The van der Waals surface area contributed by atoms with Gasteiger partial charge >= 0.3 is 0 Å². The molecule has 0 radical (unpaired) electrons. The van der Waals surface area contributed by atoms with E-state index in [2.05, 4.69) is 234 Å². The van der Waals surface area contributed by atoms with E-state index >= 15 is 0 Å². The lowest BCUT2D eigenvalue weighted by Crippen LogP contribution is -2.25. The summed E-state index contributed by atoms with van der Waals surface area (Å²) < 4.78 is 12.2. The van der Waals surface area contributed by atoms with Crippen LogP contribution >= 0.6 is 0 Å². The molecule has 0 N–H and O–H groups in total. The van der Waals surface area contributed by atoms with E-state index in [-0.39, 0.29) is 16.2 Å². The van der Waals surface area contributed by atoms with Gasteiger partial charge in [0.15, 0.2) is 0 Å². The molecule has 0 amide bonds. The maximum Gasteiger partial charge on any atom is 0.248 e. The van der Waals surface area contributed by atoms with Crippen LogP contribution in [0.3, 0.4) is 0 Å². The van der Waals surface area contributed by atoms with Crippen molar-refractivity contribution in [1.82, 2.24) is 20.4 Å². The molecule has 6 nitrogen and oxygen atoms in total. The van der Waals surface area contributed by atoms with Crippen molar-refractivity contribution in [3.63, 3.8) is 0 Å². The van der Waals surface area contributed by atoms with Crippen molar-refractivity contribution < 1.29 is 8.83 Å². The fraction of sp³-hybridized carbons (Fsp3) is 0.279. The summed E-state index contributed by atoms with van der Waals surface area (Å²) in [5.41, 5.74) is 16.6. The molecule has 1 aliphatic carbocycles. The summed E-state index contributed by atoms with van der Waals surface area (Å²) in [6.07, 6.45) is 15.8. The molecule has 6 aromatic carbocycles. The summed E-state index contributed by atoms with van der Waals surface area (Å²) in [7, 11) is 0. The fourth-order valence-electron chi connectivity index (χ4n) is 9.36. The Hall–Kier alpha value is -6.92. The third-order valence-corrected chi connectivity index (χ3v) is 13.4. The second-order valence-electron chi connectivity index (χ2n) is 20.3. The minimum Gasteiger partial charge on any atom is -0.416 e. The van der Waals surface area contributed by atoms with E-state index in [0.717, 1.165) is 59.1 Å². The molecule has 1 aliphatic rings. The highest BCUT2D eigenvalue weighted by Crippen LogP contribution is 2.55. The zero-order chi connectivity index (χ0) is 46.8. The molecule has 0 spiro atoms. The van der Waals surface area contributed by atoms with Gasteiger partial charge in [-0.2, -0.15) is 0 Å². The lowest BCUT2D eigenvalue weighted by molar-refractivity contribution is 0.414. The summed E-state index contributed by atoms with van der Waals surface area (Å²) in [4.78, 5) is 0. The topological polar surface area (TPSA) is 77.8 Å². The van der Waals surface area contributed by atoms with E-state index in [1.807, 2.05) is 0 Å². The molecule has 0 saturated carbocycles. The first-order valence-electron chi connectivity index (χ1n) is 24.1. The molecular weight excluding hydrogens is 821 g/mol. The van der Waals surface area contributed by atoms with Gasteiger partial charge in [0, 0.05) is 27.7 Å². The first-order chi connectivity index (χ1) is 32.3. The minimum atomic E-state index is -0.0389. The summed E-state index contributed by atoms with van der Waals surface area (Å²) in [6, 6.07) is 47.6. The van der Waals surface area contributed by atoms with Gasteiger partial charge in [0.2, 0.25) is 23.6 Å². The number of unbranched alkanes of at least 4 members (excludes halogenated alkanes) is 2. The van der Waals surface area contributed by atoms with E-state index in [9.17, 15) is 0 Å². The van der Waals surface area contributed by atoms with E-state index in [1.54, 1.807) is 0 Å². The highest BCUT2D eigenvalue weighted by molar-refractivity contribution is 5.85. The lowest BCUT2D eigenvalue weighted by atomic mass is 9.70. The smallest absolute Gasteiger partial charge is 0.248 e. The molecule has 6 heteroatoms. The first-order valence-corrected chi connectivity index (χ1v) is 24.1. The Morgan fingerprint density at radius 3 is 1.01 bits per heavy atom. The molecule has 0 saturated heterocycles. The lowest BCUT2D eigenvalue weighted by Gasteiger charge is -2.33. The van der Waals surface area contributed by atoms with Crippen molar-refractivity contribution in [3.05, 3.63) is 178 Å². The summed E-state index contributed by atoms with van der Waals surface area (Å²) in [5.74, 6) is 2.08. The van der Waals surface area contributed by atoms with E-state index < -0.39 is 0 Å². The Morgan fingerprint density at radius 2 is 0.701 bits per heavy atom. The summed E-state index contributed by atoms with van der Waals surface area (Å²) in [5, 5.41) is 17.5. The molecule has 67 heavy (non-hydrogen) atoms. The Labute approximate surface area is 397 Å². The van der Waals surface area contributed by atoms with Crippen LogP contribution in [-0.2, 0) is 16.2 Å². The molecule has 0 unspecified atom stereocenters. The van der Waals surface area contributed by atoms with E-state index in [1.165, 1.54) is 57.3 Å². The number of benzene rings is 6. The Morgan fingerprint density at radius 1 is 0.403 bits per heavy atom. The van der Waals surface area contributed by atoms with Gasteiger partial charge in [-0.1, -0.05) is 190 Å². The molecule has 8 aromatic rings. The minimum absolute atomic E-state index is 0.0389. The van der Waals surface area contributed by atoms with Gasteiger partial charge in [0.1, 0.15) is 0 Å². The van der Waals surface area contributed by atoms with Crippen molar-refractivity contribution in [1.29, 1.82) is 0 Å². The Bertz CT molecular complexity index is 2820. The number of fused-ring (bicyclic) bond motifs is 3. The van der Waals surface area contributed by atoms with Crippen LogP contribution in [0.25, 0.3) is 81.2 Å². The number of rotatable bonds is 14. The number of aromatic nitrogens is 4. The highest BCUT2D eigenvalue weighted by atomic mass is 16.4. The maximum atomic E-state index is 6.12. The van der Waals surface area contributed by atoms with E-state index in [0.29, 0.717) is 23.6 Å². The van der Waals surface area contributed by atoms with Crippen molar-refractivity contribution >= 4 is 24.3 Å². The number of nitrogens with zero attached hydrogens (tertiary/aromatic N) is 4. The molecule has 2 aromatic heterocycles. The van der Waals surface area contributed by atoms with Crippen molar-refractivity contribution in [2.24, 2.45) is 0 Å². The predicted octanol–water partition coefficient (Wildman–Crippen LogP) is 16.7. The average Bonchev–Trinajstić information content (AvgIpc) is 4.10. The van der Waals surface area contributed by atoms with Crippen LogP contribution in [0, 0.1) is 0 Å². The zero-order valence-corrected chi connectivity index (χ0v) is 40.4. The van der Waals surface area contributed by atoms with E-state index in [4.69, 9.17) is 8.83 Å². The second-order valence-corrected chi connectivity index (χ2v) is 20.3. The maximum absolute atomic E-state index is 6.12. The molecule has 0 aliphatic heterocycles. The Kier molecular flexibility index (Phi) is 12.7. The third-order valence-electron chi connectivity index (χ3n) is 13.4. The molecular formula is C61H62N4O2. The third kappa shape index (κ3) is 9.67. The first kappa shape index (κ1) is 45.2. The molecule has 0 atom stereocenters. The normalized spacial score (nSPS) is 13.4. The monoisotopic (exact) mass is 882 g/mol. The number of hydrogen-bond donors (Lipinski definition) is 0. The van der Waals surface area contributed by atoms with Crippen molar-refractivity contribution in [2.75, 3.05) is 0 Å². The fourth-order valence-corrected chi connectivity index (χ4v) is 9.36. The molecule has 0 fully saturated rings. The van der Waals surface area contributed by atoms with Crippen LogP contribution in [-0.4, -0.2) is 20.4 Å². The molecule has 9 rings (SSSR count). The second kappa shape index (κ2) is 18.8. The molecule has 2 heterocycles. The van der Waals surface area contributed by atoms with Gasteiger partial charge in [-0.25, -0.2) is 0 Å². The molecule has 0 bridgehead atoms. The number of hydrogen-bond acceptors (Lipinski definition) is 6. The van der Waals surface area contributed by atoms with Gasteiger partial charge in [0.25, 0.3) is 0 Å². The van der Waals surface area contributed by atoms with Gasteiger partial charge in [0.05, 0.1) is 0 Å². The zero-order valence-electron chi connectivity index (χ0n) is 40.4. The highest BCUT2D eigenvalue weighted by Gasteiger charge is 2.42. The van der Waals surface area contributed by atoms with Crippen LogP contribution in [0.4, 0.5) is 0 Å². The standard InChI is InChI=1S/C61H62N4O2/c1-9-11-37-61(38-12-10-2)53-39-43(15-13-41-17-23-45(24-18-41)55-62-64-57(66-55)47-27-31-49(32-28-47)59(3,4)5)21-35-51(53)52-36-22-44(40-54(52)61)16-14-42-19-25-46(26-20-42)56-63-65-58(67-56)48-29-33-50(34-30-48)60(6,7)8/h13-36,39-40H,9-12,37-38H2,1-8H3. The van der Waals surface area contributed by atoms with Crippen LogP contribution in [0.2, 0.25) is 0 Å². The van der Waals surface area contributed by atoms with Crippen LogP contribution in [0.5, 0.6) is 0 Å². The Balaban J connectivity index is 0.918. The van der Waals surface area contributed by atoms with Crippen molar-refractivity contribution in [2.45, 2.75) is 110 Å². The van der Waals surface area contributed by atoms with Gasteiger partial charge in [-0.15, -0.1) is 20.4 Å². The van der Waals surface area contributed by atoms with Crippen LogP contribution in [0.1, 0.15) is 138 Å². The van der Waals surface area contributed by atoms with Gasteiger partial charge in [-0.3, -0.25) is 0 Å². The SMILES string of the molecule is CCCCC1(CCCC)c2cc(C=Cc3ccc(-c4nnc(-c5ccc(C(C)(C)C)cc5)o4)cc3)ccc2-c2ccc(C=Cc3ccc(-c4nnc(-c5ccc(C(C)(C)C)cc5)o4)cc3)cc21. The van der Waals surface area contributed by atoms with Crippen molar-refractivity contribution in [3.8, 4) is 56.9 Å². The average molecular weight is 883 g/mol.